The summed E-state index contributed by atoms with van der Waals surface area (Å²) in [6.45, 7) is 0.363. The molecule has 0 atom stereocenters. The van der Waals surface area contributed by atoms with Gasteiger partial charge in [0.05, 0.1) is 5.52 Å². The molecule has 0 radical (unpaired) electrons. The quantitative estimate of drug-likeness (QED) is 0.759. The molecule has 1 aromatic heterocycles. The van der Waals surface area contributed by atoms with Gasteiger partial charge < -0.3 is 9.67 Å². The minimum atomic E-state index is -1.33. The molecule has 1 N–H and O–H groups in total. The van der Waals surface area contributed by atoms with Gasteiger partial charge in [0.15, 0.2) is 0 Å². The zero-order valence-corrected chi connectivity index (χ0v) is 13.4. The van der Waals surface area contributed by atoms with Gasteiger partial charge in [-0.05, 0) is 35.9 Å². The number of aromatic nitrogens is 1. The van der Waals surface area contributed by atoms with Crippen LogP contribution in [0.1, 0.15) is 15.9 Å². The van der Waals surface area contributed by atoms with Gasteiger partial charge in [-0.2, -0.15) is 0 Å². The number of benzene rings is 2. The SMILES string of the molecule is O=C(O)c1cn(Cc2cccc(Br)c2)c2ccc(F)cc2c1=O. The Kier molecular flexibility index (Phi) is 4.00. The first-order valence-electron chi connectivity index (χ1n) is 6.76. The van der Waals surface area contributed by atoms with Crippen molar-refractivity contribution in [2.24, 2.45) is 0 Å². The van der Waals surface area contributed by atoms with Gasteiger partial charge in [-0.25, -0.2) is 9.18 Å². The van der Waals surface area contributed by atoms with Crippen LogP contribution in [0.2, 0.25) is 0 Å². The first-order valence-corrected chi connectivity index (χ1v) is 7.55. The Balaban J connectivity index is 2.25. The van der Waals surface area contributed by atoms with Crippen molar-refractivity contribution in [2.75, 3.05) is 0 Å². The Bertz CT molecular complexity index is 981. The Labute approximate surface area is 138 Å². The summed E-state index contributed by atoms with van der Waals surface area (Å²) in [5.74, 6) is -1.91. The van der Waals surface area contributed by atoms with E-state index < -0.39 is 17.2 Å². The highest BCUT2D eigenvalue weighted by molar-refractivity contribution is 9.10. The van der Waals surface area contributed by atoms with Crippen LogP contribution >= 0.6 is 15.9 Å². The second kappa shape index (κ2) is 5.96. The number of pyridine rings is 1. The summed E-state index contributed by atoms with van der Waals surface area (Å²) in [5, 5.41) is 9.27. The largest absolute Gasteiger partial charge is 0.477 e. The van der Waals surface area contributed by atoms with Crippen LogP contribution in [0.5, 0.6) is 0 Å². The highest BCUT2D eigenvalue weighted by Crippen LogP contribution is 2.18. The van der Waals surface area contributed by atoms with E-state index in [9.17, 15) is 19.1 Å². The zero-order chi connectivity index (χ0) is 16.6. The lowest BCUT2D eigenvalue weighted by Crippen LogP contribution is -2.19. The lowest BCUT2D eigenvalue weighted by molar-refractivity contribution is 0.0695. The molecule has 0 aliphatic carbocycles. The van der Waals surface area contributed by atoms with Gasteiger partial charge in [-0.1, -0.05) is 28.1 Å². The lowest BCUT2D eigenvalue weighted by Gasteiger charge is -2.13. The van der Waals surface area contributed by atoms with Crippen LogP contribution in [-0.2, 0) is 6.54 Å². The number of hydrogen-bond acceptors (Lipinski definition) is 2. The van der Waals surface area contributed by atoms with Crippen molar-refractivity contribution >= 4 is 32.8 Å². The van der Waals surface area contributed by atoms with Crippen LogP contribution in [0.3, 0.4) is 0 Å². The third-order valence-electron chi connectivity index (χ3n) is 3.51. The van der Waals surface area contributed by atoms with Crippen LogP contribution in [0.4, 0.5) is 4.39 Å². The fraction of sp³-hybridized carbons (Fsp3) is 0.0588. The normalized spacial score (nSPS) is 10.9. The Morgan fingerprint density at radius 2 is 2.00 bits per heavy atom. The highest BCUT2D eigenvalue weighted by Gasteiger charge is 2.15. The van der Waals surface area contributed by atoms with E-state index in [0.29, 0.717) is 12.1 Å². The summed E-state index contributed by atoms with van der Waals surface area (Å²) in [5.41, 5.74) is 0.349. The van der Waals surface area contributed by atoms with Crippen molar-refractivity contribution in [1.82, 2.24) is 4.57 Å². The van der Waals surface area contributed by atoms with Crippen molar-refractivity contribution in [1.29, 1.82) is 0 Å². The molecule has 0 spiro atoms. The van der Waals surface area contributed by atoms with Gasteiger partial charge in [0.1, 0.15) is 11.4 Å². The van der Waals surface area contributed by atoms with Crippen LogP contribution in [0, 0.1) is 5.82 Å². The van der Waals surface area contributed by atoms with E-state index in [4.69, 9.17) is 0 Å². The van der Waals surface area contributed by atoms with Crippen molar-refractivity contribution in [3.05, 3.63) is 80.3 Å². The van der Waals surface area contributed by atoms with Crippen molar-refractivity contribution in [3.63, 3.8) is 0 Å². The summed E-state index contributed by atoms with van der Waals surface area (Å²) in [6, 6.07) is 11.3. The molecule has 0 aliphatic heterocycles. The van der Waals surface area contributed by atoms with Crippen LogP contribution in [0.25, 0.3) is 10.9 Å². The predicted octanol–water partition coefficient (Wildman–Crippen LogP) is 3.65. The molecule has 3 aromatic rings. The average Bonchev–Trinajstić information content (AvgIpc) is 2.50. The van der Waals surface area contributed by atoms with E-state index in [1.807, 2.05) is 24.3 Å². The molecule has 0 aliphatic rings. The maximum Gasteiger partial charge on any atom is 0.341 e. The van der Waals surface area contributed by atoms with Gasteiger partial charge in [0.25, 0.3) is 0 Å². The first kappa shape index (κ1) is 15.4. The Morgan fingerprint density at radius 1 is 1.22 bits per heavy atom. The van der Waals surface area contributed by atoms with E-state index in [2.05, 4.69) is 15.9 Å². The Hall–Kier alpha value is -2.47. The minimum absolute atomic E-state index is 0.0555. The van der Waals surface area contributed by atoms with E-state index in [1.165, 1.54) is 18.3 Å². The third-order valence-corrected chi connectivity index (χ3v) is 4.01. The van der Waals surface area contributed by atoms with Crippen LogP contribution < -0.4 is 5.43 Å². The topological polar surface area (TPSA) is 59.3 Å². The van der Waals surface area contributed by atoms with E-state index >= 15 is 0 Å². The van der Waals surface area contributed by atoms with E-state index in [1.54, 1.807) is 4.57 Å². The standard InChI is InChI=1S/C17H11BrFNO3/c18-11-3-1-2-10(6-11)8-20-9-14(17(22)23)16(21)13-7-12(19)4-5-15(13)20/h1-7,9H,8H2,(H,22,23). The van der Waals surface area contributed by atoms with Gasteiger partial charge >= 0.3 is 5.97 Å². The first-order chi connectivity index (χ1) is 11.0. The molecule has 0 fully saturated rings. The van der Waals surface area contributed by atoms with E-state index in [0.717, 1.165) is 16.1 Å². The van der Waals surface area contributed by atoms with Crippen molar-refractivity contribution < 1.29 is 14.3 Å². The highest BCUT2D eigenvalue weighted by atomic mass is 79.9. The van der Waals surface area contributed by atoms with E-state index in [-0.39, 0.29) is 10.9 Å². The number of aromatic carboxylic acids is 1. The second-order valence-corrected chi connectivity index (χ2v) is 6.01. The number of halogens is 2. The van der Waals surface area contributed by atoms with Gasteiger partial charge in [0, 0.05) is 22.6 Å². The summed E-state index contributed by atoms with van der Waals surface area (Å²) in [7, 11) is 0. The molecule has 23 heavy (non-hydrogen) atoms. The summed E-state index contributed by atoms with van der Waals surface area (Å²) < 4.78 is 16.0. The fourth-order valence-electron chi connectivity index (χ4n) is 2.48. The molecule has 4 nitrogen and oxygen atoms in total. The maximum absolute atomic E-state index is 13.5. The smallest absolute Gasteiger partial charge is 0.341 e. The molecule has 0 saturated carbocycles. The summed E-state index contributed by atoms with van der Waals surface area (Å²) >= 11 is 3.38. The van der Waals surface area contributed by atoms with Crippen LogP contribution in [-0.4, -0.2) is 15.6 Å². The predicted molar refractivity (Wildman–Crippen MR) is 88.4 cm³/mol. The number of nitrogens with zero attached hydrogens (tertiary/aromatic N) is 1. The lowest BCUT2D eigenvalue weighted by atomic mass is 10.1. The molecule has 0 unspecified atom stereocenters. The number of carboxylic acid groups (broad SMARTS) is 1. The van der Waals surface area contributed by atoms with Gasteiger partial charge in [-0.3, -0.25) is 4.79 Å². The zero-order valence-electron chi connectivity index (χ0n) is 11.8. The minimum Gasteiger partial charge on any atom is -0.477 e. The fourth-order valence-corrected chi connectivity index (χ4v) is 2.93. The number of hydrogen-bond donors (Lipinski definition) is 1. The number of fused-ring (bicyclic) bond motifs is 1. The maximum atomic E-state index is 13.5. The molecule has 0 saturated heterocycles. The molecule has 1 heterocycles. The molecule has 0 bridgehead atoms. The molecule has 6 heteroatoms. The molecule has 0 amide bonds. The molecule has 3 rings (SSSR count). The molecule has 2 aromatic carbocycles. The van der Waals surface area contributed by atoms with Crippen molar-refractivity contribution in [3.8, 4) is 0 Å². The number of carbonyl (C=O) groups is 1. The number of rotatable bonds is 3. The van der Waals surface area contributed by atoms with Gasteiger partial charge in [0.2, 0.25) is 5.43 Å². The average molecular weight is 376 g/mol. The Morgan fingerprint density at radius 3 is 2.70 bits per heavy atom. The summed E-state index contributed by atoms with van der Waals surface area (Å²) in [6.07, 6.45) is 1.30. The third kappa shape index (κ3) is 3.03. The number of carboxylic acids is 1. The molecular formula is C17H11BrFNO3. The van der Waals surface area contributed by atoms with Crippen molar-refractivity contribution in [2.45, 2.75) is 6.54 Å². The summed E-state index contributed by atoms with van der Waals surface area (Å²) in [4.78, 5) is 23.5. The van der Waals surface area contributed by atoms with Crippen LogP contribution in [0.15, 0.2) is 57.9 Å². The molecular weight excluding hydrogens is 365 g/mol. The monoisotopic (exact) mass is 375 g/mol. The second-order valence-electron chi connectivity index (χ2n) is 5.10. The molecule has 116 valence electrons. The van der Waals surface area contributed by atoms with Gasteiger partial charge in [-0.15, -0.1) is 0 Å².